The molecule has 35 heavy (non-hydrogen) atoms. The van der Waals surface area contributed by atoms with Crippen molar-refractivity contribution in [3.8, 4) is 0 Å². The van der Waals surface area contributed by atoms with Crippen LogP contribution in [0.4, 0.5) is 5.69 Å². The molecule has 4 aromatic rings. The summed E-state index contributed by atoms with van der Waals surface area (Å²) in [6.45, 7) is 8.29. The third kappa shape index (κ3) is 4.80. The van der Waals surface area contributed by atoms with Crippen molar-refractivity contribution in [2.45, 2.75) is 39.0 Å². The Morgan fingerprint density at radius 1 is 0.914 bits per heavy atom. The average Bonchev–Trinajstić information content (AvgIpc) is 3.29. The van der Waals surface area contributed by atoms with Crippen molar-refractivity contribution in [3.63, 3.8) is 0 Å². The predicted octanol–water partition coefficient (Wildman–Crippen LogP) is 4.97. The Balaban J connectivity index is 1.34. The van der Waals surface area contributed by atoms with E-state index in [0.29, 0.717) is 24.2 Å². The normalized spacial score (nSPS) is 18.7. The van der Waals surface area contributed by atoms with E-state index in [0.717, 1.165) is 30.8 Å². The topological polar surface area (TPSA) is 50.6 Å². The summed E-state index contributed by atoms with van der Waals surface area (Å²) in [7, 11) is 1.40. The maximum atomic E-state index is 11.7. The quantitative estimate of drug-likeness (QED) is 0.374. The predicted molar refractivity (Wildman–Crippen MR) is 140 cm³/mol. The van der Waals surface area contributed by atoms with Gasteiger partial charge in [-0.25, -0.2) is 9.78 Å². The minimum Gasteiger partial charge on any atom is -0.465 e. The molecule has 0 bridgehead atoms. The lowest BCUT2D eigenvalue weighted by Gasteiger charge is -2.45. The van der Waals surface area contributed by atoms with Gasteiger partial charge in [0.1, 0.15) is 5.65 Å². The fourth-order valence-electron chi connectivity index (χ4n) is 5.20. The number of piperazine rings is 1. The first-order chi connectivity index (χ1) is 17.0. The molecule has 6 nitrogen and oxygen atoms in total. The Bertz CT molecular complexity index is 1290. The van der Waals surface area contributed by atoms with Gasteiger partial charge in [0.2, 0.25) is 0 Å². The number of fused-ring (bicyclic) bond motifs is 1. The zero-order valence-electron chi connectivity index (χ0n) is 20.6. The van der Waals surface area contributed by atoms with Crippen LogP contribution in [0.1, 0.15) is 35.3 Å². The van der Waals surface area contributed by atoms with E-state index in [4.69, 9.17) is 9.72 Å². The molecule has 0 spiro atoms. The Kier molecular flexibility index (Phi) is 6.55. The number of carbonyl (C=O) groups is 1. The molecule has 2 atom stereocenters. The Morgan fingerprint density at radius 3 is 2.29 bits per heavy atom. The van der Waals surface area contributed by atoms with E-state index in [2.05, 4.69) is 76.9 Å². The van der Waals surface area contributed by atoms with Crippen LogP contribution < -0.4 is 4.90 Å². The molecule has 2 aromatic carbocycles. The number of carbonyl (C=O) groups excluding carboxylic acids is 1. The highest BCUT2D eigenvalue weighted by molar-refractivity contribution is 5.90. The van der Waals surface area contributed by atoms with Crippen LogP contribution in [0.3, 0.4) is 0 Å². The third-order valence-electron chi connectivity index (χ3n) is 7.02. The zero-order chi connectivity index (χ0) is 24.4. The van der Waals surface area contributed by atoms with E-state index in [1.807, 2.05) is 30.5 Å². The van der Waals surface area contributed by atoms with Crippen molar-refractivity contribution >= 4 is 22.7 Å². The summed E-state index contributed by atoms with van der Waals surface area (Å²) < 4.78 is 6.97. The molecular weight excluding hydrogens is 436 g/mol. The lowest BCUT2D eigenvalue weighted by Crippen LogP contribution is -2.56. The SMILES string of the molecule is COC(=O)c1ccc(Cn2ccc3c(N4C[C@@H](C)N(Cc5ccccc5)[C@@H](C)C4)ccnc32)cc1. The molecule has 1 fully saturated rings. The summed E-state index contributed by atoms with van der Waals surface area (Å²) in [5.41, 5.74) is 5.25. The highest BCUT2D eigenvalue weighted by atomic mass is 16.5. The number of hydrogen-bond acceptors (Lipinski definition) is 5. The molecule has 180 valence electrons. The fraction of sp³-hybridized carbons (Fsp3) is 0.310. The Morgan fingerprint density at radius 2 is 1.60 bits per heavy atom. The van der Waals surface area contributed by atoms with Gasteiger partial charge >= 0.3 is 5.97 Å². The number of aromatic nitrogens is 2. The lowest BCUT2D eigenvalue weighted by molar-refractivity contribution is 0.0600. The van der Waals surface area contributed by atoms with Gasteiger partial charge in [-0.2, -0.15) is 0 Å². The molecule has 0 N–H and O–H groups in total. The number of hydrogen-bond donors (Lipinski definition) is 0. The number of esters is 1. The molecular formula is C29H32N4O2. The minimum absolute atomic E-state index is 0.318. The van der Waals surface area contributed by atoms with Crippen LogP contribution in [0.5, 0.6) is 0 Å². The number of benzene rings is 2. The smallest absolute Gasteiger partial charge is 0.337 e. The van der Waals surface area contributed by atoms with E-state index in [-0.39, 0.29) is 5.97 Å². The van der Waals surface area contributed by atoms with E-state index in [9.17, 15) is 4.79 Å². The first kappa shape index (κ1) is 23.1. The zero-order valence-corrected chi connectivity index (χ0v) is 20.6. The third-order valence-corrected chi connectivity index (χ3v) is 7.02. The van der Waals surface area contributed by atoms with Crippen LogP contribution in [0, 0.1) is 0 Å². The second-order valence-electron chi connectivity index (χ2n) is 9.46. The van der Waals surface area contributed by atoms with Crippen LogP contribution in [0.15, 0.2) is 79.1 Å². The van der Waals surface area contributed by atoms with Crippen LogP contribution in [-0.4, -0.2) is 52.7 Å². The van der Waals surface area contributed by atoms with Gasteiger partial charge in [0.25, 0.3) is 0 Å². The maximum absolute atomic E-state index is 11.7. The summed E-state index contributed by atoms with van der Waals surface area (Å²) >= 11 is 0. The second-order valence-corrected chi connectivity index (χ2v) is 9.46. The summed E-state index contributed by atoms with van der Waals surface area (Å²) in [4.78, 5) is 21.5. The molecule has 0 amide bonds. The van der Waals surface area contributed by atoms with Gasteiger partial charge in [0.15, 0.2) is 0 Å². The fourth-order valence-corrected chi connectivity index (χ4v) is 5.20. The lowest BCUT2D eigenvalue weighted by atomic mass is 10.0. The van der Waals surface area contributed by atoms with Gasteiger partial charge in [-0.3, -0.25) is 4.90 Å². The van der Waals surface area contributed by atoms with E-state index < -0.39 is 0 Å². The number of anilines is 1. The van der Waals surface area contributed by atoms with Crippen molar-refractivity contribution in [3.05, 3.63) is 95.8 Å². The molecule has 1 aliphatic heterocycles. The van der Waals surface area contributed by atoms with Crippen molar-refractivity contribution in [1.29, 1.82) is 0 Å². The number of methoxy groups -OCH3 is 1. The molecule has 6 heteroatoms. The van der Waals surface area contributed by atoms with E-state index in [1.54, 1.807) is 0 Å². The van der Waals surface area contributed by atoms with Crippen LogP contribution in [0.25, 0.3) is 11.0 Å². The molecule has 2 aromatic heterocycles. The van der Waals surface area contributed by atoms with Crippen molar-refractivity contribution in [2.75, 3.05) is 25.1 Å². The van der Waals surface area contributed by atoms with Crippen LogP contribution in [-0.2, 0) is 17.8 Å². The Labute approximate surface area is 206 Å². The number of ether oxygens (including phenoxy) is 1. The van der Waals surface area contributed by atoms with Gasteiger partial charge < -0.3 is 14.2 Å². The molecule has 0 unspecified atom stereocenters. The number of pyridine rings is 1. The van der Waals surface area contributed by atoms with Gasteiger partial charge in [-0.05, 0) is 49.2 Å². The standard InChI is InChI=1S/C29H32N4O2/c1-21-17-32(18-22(2)33(21)20-23-7-5-4-6-8-23)27-13-15-30-28-26(27)14-16-31(28)19-24-9-11-25(12-10-24)29(34)35-3/h4-16,21-22H,17-20H2,1-3H3/t21-,22+. The average molecular weight is 469 g/mol. The maximum Gasteiger partial charge on any atom is 0.337 e. The number of nitrogens with zero attached hydrogens (tertiary/aromatic N) is 4. The largest absolute Gasteiger partial charge is 0.465 e. The van der Waals surface area contributed by atoms with Crippen LogP contribution >= 0.6 is 0 Å². The van der Waals surface area contributed by atoms with Gasteiger partial charge in [-0.15, -0.1) is 0 Å². The molecule has 0 radical (unpaired) electrons. The number of rotatable bonds is 6. The van der Waals surface area contributed by atoms with Gasteiger partial charge in [-0.1, -0.05) is 42.5 Å². The van der Waals surface area contributed by atoms with Crippen molar-refractivity contribution < 1.29 is 9.53 Å². The van der Waals surface area contributed by atoms with E-state index >= 15 is 0 Å². The monoisotopic (exact) mass is 468 g/mol. The van der Waals surface area contributed by atoms with Crippen molar-refractivity contribution in [2.24, 2.45) is 0 Å². The summed E-state index contributed by atoms with van der Waals surface area (Å²) in [6.07, 6.45) is 4.02. The first-order valence-electron chi connectivity index (χ1n) is 12.2. The van der Waals surface area contributed by atoms with E-state index in [1.165, 1.54) is 23.7 Å². The Hall–Kier alpha value is -3.64. The van der Waals surface area contributed by atoms with Crippen LogP contribution in [0.2, 0.25) is 0 Å². The van der Waals surface area contributed by atoms with Gasteiger partial charge in [0.05, 0.1) is 12.7 Å². The molecule has 1 saturated heterocycles. The summed E-state index contributed by atoms with van der Waals surface area (Å²) in [5, 5.41) is 1.18. The summed E-state index contributed by atoms with van der Waals surface area (Å²) in [6, 6.07) is 23.5. The van der Waals surface area contributed by atoms with Crippen molar-refractivity contribution in [1.82, 2.24) is 14.5 Å². The molecule has 0 saturated carbocycles. The molecule has 3 heterocycles. The minimum atomic E-state index is -0.318. The van der Waals surface area contributed by atoms with Gasteiger partial charge in [0, 0.05) is 61.7 Å². The molecule has 5 rings (SSSR count). The second kappa shape index (κ2) is 9.92. The molecule has 0 aliphatic carbocycles. The summed E-state index contributed by atoms with van der Waals surface area (Å²) in [5.74, 6) is -0.318. The highest BCUT2D eigenvalue weighted by Crippen LogP contribution is 2.30. The molecule has 1 aliphatic rings. The first-order valence-corrected chi connectivity index (χ1v) is 12.2. The highest BCUT2D eigenvalue weighted by Gasteiger charge is 2.30.